The van der Waals surface area contributed by atoms with Gasteiger partial charge in [0.2, 0.25) is 0 Å². The van der Waals surface area contributed by atoms with Crippen LogP contribution in [0.5, 0.6) is 0 Å². The van der Waals surface area contributed by atoms with E-state index in [2.05, 4.69) is 34.9 Å². The minimum absolute atomic E-state index is 0.209. The molecule has 26 heavy (non-hydrogen) atoms. The number of hydrogen-bond donors (Lipinski definition) is 0. The second kappa shape index (κ2) is 18.5. The van der Waals surface area contributed by atoms with Gasteiger partial charge in [-0.2, -0.15) is 0 Å². The average molecular weight is 495 g/mol. The Kier molecular flexibility index (Phi) is 18.6. The maximum absolute atomic E-state index is 11.1. The molecule has 154 valence electrons. The first-order valence-corrected chi connectivity index (χ1v) is 17.3. The molecule has 0 spiro atoms. The van der Waals surface area contributed by atoms with Crippen LogP contribution in [0.15, 0.2) is 12.2 Å². The van der Waals surface area contributed by atoms with E-state index in [1.165, 1.54) is 95.6 Å². The number of carbonyl (C=O) groups is 1. The number of halogens is 1. The van der Waals surface area contributed by atoms with E-state index in [0.717, 1.165) is 6.42 Å². The molecule has 0 aliphatic carbocycles. The number of ether oxygens (including phenoxy) is 1. The van der Waals surface area contributed by atoms with Gasteiger partial charge in [0, 0.05) is 6.08 Å². The largest absolute Gasteiger partial charge is 0.463 e. The fourth-order valence-electron chi connectivity index (χ4n) is 3.13. The fraction of sp³-hybridized carbons (Fsp3) is 0.864. The zero-order valence-corrected chi connectivity index (χ0v) is 20.8. The number of carbonyl (C=O) groups excluding carboxylic acids is 1. The monoisotopic (exact) mass is 494 g/mol. The smallest absolute Gasteiger partial charge is 0.330 e. The molecule has 0 fully saturated rings. The van der Waals surface area contributed by atoms with Gasteiger partial charge in [-0.15, -0.1) is 21.8 Å². The molecular weight excluding hydrogens is 451 g/mol. The molecule has 0 radical (unpaired) electrons. The summed E-state index contributed by atoms with van der Waals surface area (Å²) in [5.41, 5.74) is -0.824. The van der Waals surface area contributed by atoms with Crippen molar-refractivity contribution in [3.8, 4) is 0 Å². The zero-order chi connectivity index (χ0) is 19.5. The molecule has 4 heteroatoms. The molecule has 0 N–H and O–H groups in total. The molecule has 0 aliphatic rings. The van der Waals surface area contributed by atoms with Crippen LogP contribution in [0.1, 0.15) is 96.8 Å². The molecule has 0 aromatic carbocycles. The first-order chi connectivity index (χ1) is 12.5. The molecule has 0 aromatic heterocycles. The van der Waals surface area contributed by atoms with Crippen LogP contribution in [0.25, 0.3) is 0 Å². The number of unbranched alkanes of at least 4 members (excludes halogenated alkanes) is 13. The summed E-state index contributed by atoms with van der Waals surface area (Å²) in [5, 5.41) is 0. The fourth-order valence-corrected chi connectivity index (χ4v) is 5.36. The van der Waals surface area contributed by atoms with Gasteiger partial charge in [0.15, 0.2) is 0 Å². The molecular formula is C22H43IO2Si. The van der Waals surface area contributed by atoms with Gasteiger partial charge in [-0.25, -0.2) is 4.79 Å². The van der Waals surface area contributed by atoms with Crippen molar-refractivity contribution < 1.29 is 9.53 Å². The Morgan fingerprint density at radius 1 is 0.769 bits per heavy atom. The van der Waals surface area contributed by atoms with E-state index in [-0.39, 0.29) is 5.97 Å². The molecule has 0 atom stereocenters. The third-order valence-corrected chi connectivity index (χ3v) is 7.87. The highest BCUT2D eigenvalue weighted by Gasteiger charge is 2.14. The summed E-state index contributed by atoms with van der Waals surface area (Å²) in [6.07, 6.45) is 22.3. The summed E-state index contributed by atoms with van der Waals surface area (Å²) in [6.45, 7) is 7.34. The Labute approximate surface area is 177 Å². The van der Waals surface area contributed by atoms with E-state index >= 15 is 0 Å². The third-order valence-electron chi connectivity index (χ3n) is 4.71. The van der Waals surface area contributed by atoms with Crippen LogP contribution in [-0.4, -0.2) is 18.1 Å². The van der Waals surface area contributed by atoms with Gasteiger partial charge < -0.3 is 4.74 Å². The second-order valence-electron chi connectivity index (χ2n) is 8.09. The molecule has 0 rings (SSSR count). The highest BCUT2D eigenvalue weighted by Crippen LogP contribution is 2.21. The van der Waals surface area contributed by atoms with Gasteiger partial charge in [-0.05, 0) is 19.4 Å². The van der Waals surface area contributed by atoms with Crippen LogP contribution in [0.2, 0.25) is 19.1 Å². The van der Waals surface area contributed by atoms with Gasteiger partial charge in [-0.1, -0.05) is 103 Å². The lowest BCUT2D eigenvalue weighted by atomic mass is 10.0. The van der Waals surface area contributed by atoms with Crippen molar-refractivity contribution in [3.63, 3.8) is 0 Å². The molecule has 0 unspecified atom stereocenters. The average Bonchev–Trinajstić information content (AvgIpc) is 2.57. The maximum atomic E-state index is 11.1. The van der Waals surface area contributed by atoms with Crippen molar-refractivity contribution in [1.29, 1.82) is 0 Å². The Morgan fingerprint density at radius 2 is 1.15 bits per heavy atom. The van der Waals surface area contributed by atoms with E-state index in [9.17, 15) is 4.79 Å². The predicted molar refractivity (Wildman–Crippen MR) is 127 cm³/mol. The SMILES string of the molecule is CC=CC(=O)OCCCCCCCCCCCCCCCC[Si](C)(C)I. The van der Waals surface area contributed by atoms with Crippen LogP contribution in [0.4, 0.5) is 0 Å². The van der Waals surface area contributed by atoms with Gasteiger partial charge in [0.1, 0.15) is 5.57 Å². The lowest BCUT2D eigenvalue weighted by molar-refractivity contribution is -0.137. The normalized spacial score (nSPS) is 12.0. The van der Waals surface area contributed by atoms with Crippen molar-refractivity contribution in [2.75, 3.05) is 6.61 Å². The van der Waals surface area contributed by atoms with Crippen molar-refractivity contribution in [2.24, 2.45) is 0 Å². The first-order valence-electron chi connectivity index (χ1n) is 10.9. The Bertz CT molecular complexity index is 351. The Hall–Kier alpha value is 0.157. The molecule has 0 amide bonds. The quantitative estimate of drug-likeness (QED) is 0.0479. The van der Waals surface area contributed by atoms with Crippen molar-refractivity contribution in [3.05, 3.63) is 12.2 Å². The molecule has 0 saturated carbocycles. The minimum Gasteiger partial charge on any atom is -0.463 e. The third kappa shape index (κ3) is 22.2. The summed E-state index contributed by atoms with van der Waals surface area (Å²) < 4.78 is 5.09. The van der Waals surface area contributed by atoms with Crippen molar-refractivity contribution in [2.45, 2.75) is 116 Å². The van der Waals surface area contributed by atoms with Gasteiger partial charge in [0.05, 0.1) is 6.61 Å². The molecule has 0 aliphatic heterocycles. The summed E-state index contributed by atoms with van der Waals surface area (Å²) >= 11 is 2.70. The van der Waals surface area contributed by atoms with Gasteiger partial charge >= 0.3 is 5.97 Å². The summed E-state index contributed by atoms with van der Waals surface area (Å²) in [6, 6.07) is 1.49. The molecule has 0 heterocycles. The van der Waals surface area contributed by atoms with E-state index < -0.39 is 5.57 Å². The van der Waals surface area contributed by atoms with Crippen LogP contribution in [0, 0.1) is 0 Å². The summed E-state index contributed by atoms with van der Waals surface area (Å²) in [4.78, 5) is 11.1. The Balaban J connectivity index is 3.10. The highest BCUT2D eigenvalue weighted by atomic mass is 127. The van der Waals surface area contributed by atoms with Crippen LogP contribution >= 0.6 is 21.8 Å². The lowest BCUT2D eigenvalue weighted by Crippen LogP contribution is -2.13. The number of esters is 1. The minimum atomic E-state index is -0.824. The standard InChI is InChI=1S/C22H43IO2Si/c1-4-19-22(24)25-20-17-15-13-11-9-7-5-6-8-10-12-14-16-18-21-26(2,3)23/h4,19H,5-18,20-21H2,1-3H3. The Morgan fingerprint density at radius 3 is 1.54 bits per heavy atom. The highest BCUT2D eigenvalue weighted by molar-refractivity contribution is 14.1. The molecule has 0 saturated heterocycles. The van der Waals surface area contributed by atoms with Crippen molar-refractivity contribution in [1.82, 2.24) is 0 Å². The zero-order valence-electron chi connectivity index (χ0n) is 17.7. The van der Waals surface area contributed by atoms with E-state index in [1.54, 1.807) is 6.08 Å². The van der Waals surface area contributed by atoms with Crippen LogP contribution in [-0.2, 0) is 9.53 Å². The van der Waals surface area contributed by atoms with E-state index in [4.69, 9.17) is 4.74 Å². The maximum Gasteiger partial charge on any atom is 0.330 e. The second-order valence-corrected chi connectivity index (χ2v) is 20.8. The lowest BCUT2D eigenvalue weighted by Gasteiger charge is -2.12. The van der Waals surface area contributed by atoms with Crippen molar-refractivity contribution >= 4 is 33.3 Å². The van der Waals surface area contributed by atoms with Crippen LogP contribution < -0.4 is 0 Å². The molecule has 2 nitrogen and oxygen atoms in total. The number of hydrogen-bond acceptors (Lipinski definition) is 2. The summed E-state index contributed by atoms with van der Waals surface area (Å²) in [5.74, 6) is -0.209. The van der Waals surface area contributed by atoms with E-state index in [1.807, 2.05) is 6.92 Å². The first kappa shape index (κ1) is 26.2. The van der Waals surface area contributed by atoms with E-state index in [0.29, 0.717) is 6.61 Å². The summed E-state index contributed by atoms with van der Waals surface area (Å²) in [7, 11) is 0. The number of allylic oxidation sites excluding steroid dienone is 1. The van der Waals surface area contributed by atoms with Gasteiger partial charge in [0.25, 0.3) is 0 Å². The van der Waals surface area contributed by atoms with Gasteiger partial charge in [-0.3, -0.25) is 0 Å². The topological polar surface area (TPSA) is 26.3 Å². The molecule has 0 bridgehead atoms. The molecule has 0 aromatic rings. The predicted octanol–water partition coefficient (Wildman–Crippen LogP) is 8.21. The number of rotatable bonds is 18. The van der Waals surface area contributed by atoms with Crippen LogP contribution in [0.3, 0.4) is 0 Å².